The summed E-state index contributed by atoms with van der Waals surface area (Å²) in [5.41, 5.74) is 6.18. The van der Waals surface area contributed by atoms with Gasteiger partial charge in [0.05, 0.1) is 7.11 Å². The van der Waals surface area contributed by atoms with E-state index in [0.29, 0.717) is 22.3 Å². The molecule has 0 spiro atoms. The van der Waals surface area contributed by atoms with Gasteiger partial charge in [-0.15, -0.1) is 0 Å². The summed E-state index contributed by atoms with van der Waals surface area (Å²) in [6.07, 6.45) is -0.657. The molecule has 2 rings (SSSR count). The van der Waals surface area contributed by atoms with Gasteiger partial charge < -0.3 is 15.4 Å². The molecule has 0 aliphatic heterocycles. The van der Waals surface area contributed by atoms with Gasteiger partial charge in [0.2, 0.25) is 0 Å². The molecule has 0 aliphatic carbocycles. The van der Waals surface area contributed by atoms with Gasteiger partial charge in [0.1, 0.15) is 11.6 Å². The van der Waals surface area contributed by atoms with Crippen molar-refractivity contribution in [1.29, 1.82) is 0 Å². The molecule has 162 valence electrons. The molecule has 0 unspecified atom stereocenters. The average Bonchev–Trinajstić information content (AvgIpc) is 2.68. The lowest BCUT2D eigenvalue weighted by molar-refractivity contribution is 0.0672. The zero-order valence-corrected chi connectivity index (χ0v) is 17.7. The van der Waals surface area contributed by atoms with Gasteiger partial charge in [0, 0.05) is 35.4 Å². The largest absolute Gasteiger partial charge is 0.453 e. The van der Waals surface area contributed by atoms with E-state index in [9.17, 15) is 18.4 Å². The van der Waals surface area contributed by atoms with Gasteiger partial charge in [-0.3, -0.25) is 10.1 Å². The molecule has 3 N–H and O–H groups in total. The molecular formula is C21H24ClF2N3O3. The first kappa shape index (κ1) is 23.6. The van der Waals surface area contributed by atoms with Crippen molar-refractivity contribution in [2.75, 3.05) is 25.5 Å². The lowest BCUT2D eigenvalue weighted by Gasteiger charge is -2.32. The van der Waals surface area contributed by atoms with Crippen molar-refractivity contribution < 1.29 is 23.1 Å². The van der Waals surface area contributed by atoms with Crippen LogP contribution < -0.4 is 11.1 Å². The number of benzene rings is 2. The molecule has 0 radical (unpaired) electrons. The van der Waals surface area contributed by atoms with Crippen LogP contribution in [0.5, 0.6) is 0 Å². The predicted octanol–water partition coefficient (Wildman–Crippen LogP) is 4.42. The maximum atomic E-state index is 13.7. The van der Waals surface area contributed by atoms with Gasteiger partial charge in [0.15, 0.2) is 0 Å². The number of rotatable bonds is 7. The fourth-order valence-electron chi connectivity index (χ4n) is 2.79. The monoisotopic (exact) mass is 439 g/mol. The summed E-state index contributed by atoms with van der Waals surface area (Å²) in [4.78, 5) is 26.0. The third-order valence-corrected chi connectivity index (χ3v) is 4.78. The lowest BCUT2D eigenvalue weighted by Crippen LogP contribution is -2.41. The zero-order valence-electron chi connectivity index (χ0n) is 17.0. The Kier molecular flexibility index (Phi) is 7.75. The second-order valence-electron chi connectivity index (χ2n) is 7.61. The number of anilines is 1. The minimum Gasteiger partial charge on any atom is -0.453 e. The SMILES string of the molecule is COC(=O)Nc1ccc(Cl)c(CN(CC(C)(C)CN)C(=O)c2cc(F)cc(F)c2)c1. The Hall–Kier alpha value is -2.71. The lowest BCUT2D eigenvalue weighted by atomic mass is 9.92. The molecule has 2 aromatic carbocycles. The Morgan fingerprint density at radius 1 is 1.17 bits per heavy atom. The van der Waals surface area contributed by atoms with Crippen LogP contribution in [-0.2, 0) is 11.3 Å². The van der Waals surface area contributed by atoms with E-state index in [2.05, 4.69) is 10.1 Å². The van der Waals surface area contributed by atoms with Crippen LogP contribution in [0.15, 0.2) is 36.4 Å². The van der Waals surface area contributed by atoms with Crippen molar-refractivity contribution in [3.63, 3.8) is 0 Å². The molecule has 0 heterocycles. The summed E-state index contributed by atoms with van der Waals surface area (Å²) >= 11 is 6.29. The van der Waals surface area contributed by atoms with Crippen molar-refractivity contribution in [2.45, 2.75) is 20.4 Å². The van der Waals surface area contributed by atoms with Crippen molar-refractivity contribution >= 4 is 29.3 Å². The van der Waals surface area contributed by atoms with Crippen LogP contribution >= 0.6 is 11.6 Å². The van der Waals surface area contributed by atoms with Crippen LogP contribution in [0.4, 0.5) is 19.3 Å². The minimum atomic E-state index is -0.848. The Balaban J connectivity index is 2.39. The fourth-order valence-corrected chi connectivity index (χ4v) is 2.97. The first-order chi connectivity index (χ1) is 14.0. The molecule has 2 amide bonds. The number of nitrogens with two attached hydrogens (primary N) is 1. The van der Waals surface area contributed by atoms with E-state index in [1.165, 1.54) is 12.0 Å². The molecule has 0 saturated heterocycles. The van der Waals surface area contributed by atoms with E-state index in [1.807, 2.05) is 13.8 Å². The highest BCUT2D eigenvalue weighted by Gasteiger charge is 2.26. The summed E-state index contributed by atoms with van der Waals surface area (Å²) in [5, 5.41) is 2.89. The van der Waals surface area contributed by atoms with Gasteiger partial charge in [-0.25, -0.2) is 13.6 Å². The van der Waals surface area contributed by atoms with Crippen molar-refractivity contribution in [3.8, 4) is 0 Å². The van der Waals surface area contributed by atoms with Crippen molar-refractivity contribution in [3.05, 3.63) is 64.2 Å². The molecule has 9 heteroatoms. The van der Waals surface area contributed by atoms with Crippen molar-refractivity contribution in [1.82, 2.24) is 4.90 Å². The van der Waals surface area contributed by atoms with Crippen LogP contribution in [0.3, 0.4) is 0 Å². The molecule has 0 fully saturated rings. The van der Waals surface area contributed by atoms with Crippen molar-refractivity contribution in [2.24, 2.45) is 11.1 Å². The number of nitrogens with one attached hydrogen (secondary N) is 1. The summed E-state index contributed by atoms with van der Waals surface area (Å²) in [5.74, 6) is -2.27. The second-order valence-corrected chi connectivity index (χ2v) is 8.02. The van der Waals surface area contributed by atoms with Gasteiger partial charge in [-0.1, -0.05) is 25.4 Å². The van der Waals surface area contributed by atoms with Crippen LogP contribution in [-0.4, -0.2) is 37.1 Å². The Bertz CT molecular complexity index is 917. The van der Waals surface area contributed by atoms with Gasteiger partial charge in [-0.2, -0.15) is 0 Å². The topological polar surface area (TPSA) is 84.7 Å². The first-order valence-corrected chi connectivity index (χ1v) is 9.51. The number of hydrogen-bond acceptors (Lipinski definition) is 4. The predicted molar refractivity (Wildman–Crippen MR) is 111 cm³/mol. The Labute approximate surface area is 178 Å². The highest BCUT2D eigenvalue weighted by Crippen LogP contribution is 2.26. The standard InChI is InChI=1S/C21H24ClF2N3O3/c1-21(2,11-25)12-27(19(28)13-6-15(23)9-16(24)7-13)10-14-8-17(4-5-18(14)22)26-20(29)30-3/h4-9H,10-12,25H2,1-3H3,(H,26,29). The number of hydrogen-bond donors (Lipinski definition) is 2. The summed E-state index contributed by atoms with van der Waals surface area (Å²) in [7, 11) is 1.24. The summed E-state index contributed by atoms with van der Waals surface area (Å²) < 4.78 is 31.9. The van der Waals surface area contributed by atoms with Crippen LogP contribution in [0.1, 0.15) is 29.8 Å². The molecule has 0 atom stereocenters. The number of ether oxygens (including phenoxy) is 1. The third kappa shape index (κ3) is 6.40. The molecule has 0 bridgehead atoms. The second kappa shape index (κ2) is 9.86. The quantitative estimate of drug-likeness (QED) is 0.668. The van der Waals surface area contributed by atoms with E-state index in [-0.39, 0.29) is 25.2 Å². The number of halogens is 3. The molecule has 0 aliphatic rings. The highest BCUT2D eigenvalue weighted by molar-refractivity contribution is 6.31. The van der Waals surface area contributed by atoms with E-state index in [0.717, 1.165) is 12.1 Å². The van der Waals surface area contributed by atoms with Crippen LogP contribution in [0.25, 0.3) is 0 Å². The molecule has 2 aromatic rings. The van der Waals surface area contributed by atoms with E-state index in [4.69, 9.17) is 17.3 Å². The van der Waals surface area contributed by atoms with Crippen LogP contribution in [0.2, 0.25) is 5.02 Å². The van der Waals surface area contributed by atoms with Gasteiger partial charge in [-0.05, 0) is 47.9 Å². The number of methoxy groups -OCH3 is 1. The molecule has 0 aromatic heterocycles. The number of carbonyl (C=O) groups is 2. The summed E-state index contributed by atoms with van der Waals surface area (Å²) in [6, 6.07) is 7.40. The molecule has 6 nitrogen and oxygen atoms in total. The maximum absolute atomic E-state index is 13.7. The van der Waals surface area contributed by atoms with E-state index in [1.54, 1.807) is 18.2 Å². The smallest absolute Gasteiger partial charge is 0.411 e. The van der Waals surface area contributed by atoms with E-state index >= 15 is 0 Å². The normalized spacial score (nSPS) is 11.2. The first-order valence-electron chi connectivity index (χ1n) is 9.13. The molecular weight excluding hydrogens is 416 g/mol. The number of nitrogens with zero attached hydrogens (tertiary/aromatic N) is 1. The minimum absolute atomic E-state index is 0.0376. The Morgan fingerprint density at radius 2 is 1.80 bits per heavy atom. The fraction of sp³-hybridized carbons (Fsp3) is 0.333. The van der Waals surface area contributed by atoms with E-state index < -0.39 is 29.0 Å². The van der Waals surface area contributed by atoms with Crippen LogP contribution in [0, 0.1) is 17.0 Å². The summed E-state index contributed by atoms with van der Waals surface area (Å²) in [6.45, 7) is 4.28. The van der Waals surface area contributed by atoms with Gasteiger partial charge >= 0.3 is 6.09 Å². The highest BCUT2D eigenvalue weighted by atomic mass is 35.5. The molecule has 30 heavy (non-hydrogen) atoms. The number of carbonyl (C=O) groups excluding carboxylic acids is 2. The average molecular weight is 440 g/mol. The maximum Gasteiger partial charge on any atom is 0.411 e. The number of amides is 2. The molecule has 0 saturated carbocycles. The third-order valence-electron chi connectivity index (χ3n) is 4.41. The zero-order chi connectivity index (χ0) is 22.5. The van der Waals surface area contributed by atoms with Gasteiger partial charge in [0.25, 0.3) is 5.91 Å². The Morgan fingerprint density at radius 3 is 2.37 bits per heavy atom.